The second-order valence-corrected chi connectivity index (χ2v) is 4.62. The van der Waals surface area contributed by atoms with Crippen molar-refractivity contribution in [3.05, 3.63) is 0 Å². The molecule has 0 aliphatic carbocycles. The van der Waals surface area contributed by atoms with Crippen molar-refractivity contribution in [1.82, 2.24) is 0 Å². The third-order valence-corrected chi connectivity index (χ3v) is 2.80. The molecule has 0 amide bonds. The highest BCUT2D eigenvalue weighted by Gasteiger charge is 2.78. The smallest absolute Gasteiger partial charge is 0.328 e. The molecule has 0 spiro atoms. The Morgan fingerprint density at radius 3 is 1.57 bits per heavy atom. The Bertz CT molecular complexity index is 391. The van der Waals surface area contributed by atoms with Crippen molar-refractivity contribution in [2.24, 2.45) is 5.73 Å². The summed E-state index contributed by atoms with van der Waals surface area (Å²) in [7, 11) is 0. The fraction of sp³-hybridized carbons (Fsp3) is 1.00. The molecule has 2 N–H and O–H groups in total. The third kappa shape index (κ3) is 4.81. The van der Waals surface area contributed by atoms with E-state index in [0.717, 1.165) is 0 Å². The molecule has 2 nitrogen and oxygen atoms in total. The first-order valence-corrected chi connectivity index (χ1v) is 5.95. The second-order valence-electron chi connectivity index (χ2n) is 4.62. The van der Waals surface area contributed by atoms with Crippen molar-refractivity contribution in [3.8, 4) is 0 Å². The standard InChI is InChI=1S/C10H12F11NO/c1-2-5(22)3-4-6(11,8(14,15)16)23-10(20,21)7(12,13)9(17,18)19/h5H,2-4,22H2,1H3. The number of alkyl halides is 11. The van der Waals surface area contributed by atoms with Crippen LogP contribution in [0.3, 0.4) is 0 Å². The molecule has 0 aromatic carbocycles. The lowest BCUT2D eigenvalue weighted by Crippen LogP contribution is -2.59. The van der Waals surface area contributed by atoms with E-state index < -0.39 is 49.1 Å². The molecular formula is C10H12F11NO. The van der Waals surface area contributed by atoms with E-state index in [1.807, 2.05) is 0 Å². The lowest BCUT2D eigenvalue weighted by Gasteiger charge is -2.35. The molecule has 0 radical (unpaired) electrons. The second kappa shape index (κ2) is 6.57. The van der Waals surface area contributed by atoms with Crippen molar-refractivity contribution >= 4 is 0 Å². The molecule has 0 aliphatic heterocycles. The minimum absolute atomic E-state index is 0.0248. The number of halogens is 11. The summed E-state index contributed by atoms with van der Waals surface area (Å²) in [4.78, 5) is 0. The maximum absolute atomic E-state index is 13.6. The van der Waals surface area contributed by atoms with Gasteiger partial charge in [0.05, 0.1) is 0 Å². The van der Waals surface area contributed by atoms with Gasteiger partial charge in [-0.25, -0.2) is 4.39 Å². The Hall–Kier alpha value is -0.850. The Morgan fingerprint density at radius 1 is 0.826 bits per heavy atom. The largest absolute Gasteiger partial charge is 0.462 e. The average Bonchev–Trinajstić information content (AvgIpc) is 2.32. The number of hydrogen-bond acceptors (Lipinski definition) is 2. The molecular weight excluding hydrogens is 359 g/mol. The predicted octanol–water partition coefficient (Wildman–Crippen LogP) is 4.54. The van der Waals surface area contributed by atoms with Crippen molar-refractivity contribution in [3.63, 3.8) is 0 Å². The minimum atomic E-state index is -7.03. The number of ether oxygens (including phenoxy) is 1. The molecule has 0 rings (SSSR count). The van der Waals surface area contributed by atoms with E-state index in [1.54, 1.807) is 0 Å². The van der Waals surface area contributed by atoms with Gasteiger partial charge in [0.15, 0.2) is 0 Å². The summed E-state index contributed by atoms with van der Waals surface area (Å²) < 4.78 is 140. The van der Waals surface area contributed by atoms with Gasteiger partial charge < -0.3 is 5.73 Å². The summed E-state index contributed by atoms with van der Waals surface area (Å²) in [5.74, 6) is -12.5. The topological polar surface area (TPSA) is 35.2 Å². The molecule has 0 saturated carbocycles. The molecule has 0 heterocycles. The highest BCUT2D eigenvalue weighted by Crippen LogP contribution is 2.51. The van der Waals surface area contributed by atoms with E-state index in [0.29, 0.717) is 0 Å². The van der Waals surface area contributed by atoms with Crippen LogP contribution in [0.15, 0.2) is 0 Å². The van der Waals surface area contributed by atoms with Gasteiger partial charge in [-0.15, -0.1) is 0 Å². The fourth-order valence-electron chi connectivity index (χ4n) is 1.26. The van der Waals surface area contributed by atoms with E-state index in [9.17, 15) is 48.3 Å². The maximum atomic E-state index is 13.6. The Morgan fingerprint density at radius 2 is 1.26 bits per heavy atom. The zero-order valence-electron chi connectivity index (χ0n) is 11.3. The summed E-state index contributed by atoms with van der Waals surface area (Å²) in [5.41, 5.74) is 5.14. The van der Waals surface area contributed by atoms with Crippen molar-refractivity contribution in [1.29, 1.82) is 0 Å². The zero-order chi connectivity index (χ0) is 18.9. The lowest BCUT2D eigenvalue weighted by atomic mass is 10.0. The minimum Gasteiger partial charge on any atom is -0.328 e. The fourth-order valence-corrected chi connectivity index (χ4v) is 1.26. The van der Waals surface area contributed by atoms with Crippen LogP contribution in [0.25, 0.3) is 0 Å². The molecule has 0 aromatic heterocycles. The monoisotopic (exact) mass is 371 g/mol. The van der Waals surface area contributed by atoms with Crippen LogP contribution >= 0.6 is 0 Å². The van der Waals surface area contributed by atoms with Gasteiger partial charge in [-0.1, -0.05) is 6.92 Å². The molecule has 0 aliphatic rings. The van der Waals surface area contributed by atoms with Gasteiger partial charge in [-0.05, 0) is 12.8 Å². The summed E-state index contributed by atoms with van der Waals surface area (Å²) in [6.07, 6.45) is -23.0. The highest BCUT2D eigenvalue weighted by molar-refractivity contribution is 4.89. The average molecular weight is 371 g/mol. The van der Waals surface area contributed by atoms with Crippen molar-refractivity contribution < 1.29 is 53.0 Å². The van der Waals surface area contributed by atoms with E-state index in [4.69, 9.17) is 5.73 Å². The first-order chi connectivity index (χ1) is 9.91. The molecule has 0 fully saturated rings. The van der Waals surface area contributed by atoms with Crippen LogP contribution in [0.2, 0.25) is 0 Å². The Balaban J connectivity index is 5.55. The quantitative estimate of drug-likeness (QED) is 0.667. The number of hydrogen-bond donors (Lipinski definition) is 1. The highest BCUT2D eigenvalue weighted by atomic mass is 19.4. The molecule has 140 valence electrons. The number of rotatable bonds is 7. The lowest BCUT2D eigenvalue weighted by molar-refractivity contribution is -0.483. The van der Waals surface area contributed by atoms with Gasteiger partial charge >= 0.3 is 30.2 Å². The van der Waals surface area contributed by atoms with Crippen LogP contribution in [-0.2, 0) is 4.74 Å². The Kier molecular flexibility index (Phi) is 6.33. The van der Waals surface area contributed by atoms with Crippen LogP contribution < -0.4 is 5.73 Å². The predicted molar refractivity (Wildman–Crippen MR) is 54.4 cm³/mol. The molecule has 0 aromatic rings. The Labute approximate surface area is 122 Å². The number of nitrogens with two attached hydrogens (primary N) is 1. The van der Waals surface area contributed by atoms with Crippen LogP contribution in [0.5, 0.6) is 0 Å². The van der Waals surface area contributed by atoms with Crippen LogP contribution in [0.1, 0.15) is 26.2 Å². The van der Waals surface area contributed by atoms with Crippen molar-refractivity contribution in [2.75, 3.05) is 0 Å². The molecule has 0 saturated heterocycles. The molecule has 23 heavy (non-hydrogen) atoms. The van der Waals surface area contributed by atoms with Gasteiger partial charge in [0.25, 0.3) is 0 Å². The van der Waals surface area contributed by atoms with Crippen molar-refractivity contribution in [2.45, 2.75) is 62.5 Å². The van der Waals surface area contributed by atoms with E-state index >= 15 is 0 Å². The summed E-state index contributed by atoms with van der Waals surface area (Å²) >= 11 is 0. The first kappa shape index (κ1) is 22.1. The van der Waals surface area contributed by atoms with E-state index in [1.165, 1.54) is 6.92 Å². The third-order valence-electron chi connectivity index (χ3n) is 2.80. The summed E-state index contributed by atoms with van der Waals surface area (Å²) in [5, 5.41) is 0. The maximum Gasteiger partial charge on any atom is 0.462 e. The van der Waals surface area contributed by atoms with Gasteiger partial charge in [0.1, 0.15) is 0 Å². The summed E-state index contributed by atoms with van der Waals surface area (Å²) in [6.45, 7) is 1.34. The van der Waals surface area contributed by atoms with Crippen LogP contribution in [-0.4, -0.2) is 36.3 Å². The molecule has 0 bridgehead atoms. The van der Waals surface area contributed by atoms with Gasteiger partial charge in [-0.3, -0.25) is 4.74 Å². The van der Waals surface area contributed by atoms with E-state index in [2.05, 4.69) is 4.74 Å². The van der Waals surface area contributed by atoms with Crippen LogP contribution in [0, 0.1) is 0 Å². The first-order valence-electron chi connectivity index (χ1n) is 5.95. The van der Waals surface area contributed by atoms with Gasteiger partial charge in [0, 0.05) is 12.5 Å². The molecule has 13 heteroatoms. The zero-order valence-corrected chi connectivity index (χ0v) is 11.3. The van der Waals surface area contributed by atoms with E-state index in [-0.39, 0.29) is 6.42 Å². The summed E-state index contributed by atoms with van der Waals surface area (Å²) in [6, 6.07) is -1.13. The molecule has 2 unspecified atom stereocenters. The SMILES string of the molecule is CCC(N)CCC(F)(OC(F)(F)C(F)(F)C(F)(F)F)C(F)(F)F. The van der Waals surface area contributed by atoms with Crippen LogP contribution in [0.4, 0.5) is 48.3 Å². The molecule has 2 atom stereocenters. The van der Waals surface area contributed by atoms with Gasteiger partial charge in [-0.2, -0.15) is 43.9 Å². The normalized spacial score (nSPS) is 18.7. The van der Waals surface area contributed by atoms with Gasteiger partial charge in [0.2, 0.25) is 0 Å².